The van der Waals surface area contributed by atoms with E-state index in [9.17, 15) is 36.9 Å². The SMILES string of the molecule is C=C/C(=C\C(C)=NCCC(=O)NC1OC(COS(=O)(=O)O)C(O)C(OCc2ccccc2)C1O)C1c2cc(N(C)C)ccc2S(=O)(=O)CC(CC)(CCCC)C1O. The summed E-state index contributed by atoms with van der Waals surface area (Å²) in [6.45, 7) is 8.80. The fourth-order valence-electron chi connectivity index (χ4n) is 7.44. The Morgan fingerprint density at radius 1 is 1.12 bits per heavy atom. The molecule has 0 aliphatic carbocycles. The van der Waals surface area contributed by atoms with Crippen molar-refractivity contribution in [3.8, 4) is 0 Å². The van der Waals surface area contributed by atoms with E-state index < -0.39 is 80.8 Å². The number of nitrogens with one attached hydrogen (secondary N) is 1. The number of carbonyl (C=O) groups is 1. The number of amides is 1. The van der Waals surface area contributed by atoms with Gasteiger partial charge in [-0.05, 0) is 60.7 Å². The second-order valence-corrected chi connectivity index (χ2v) is 17.9. The predicted octanol–water partition coefficient (Wildman–Crippen LogP) is 3.50. The summed E-state index contributed by atoms with van der Waals surface area (Å²) < 4.78 is 75.5. The highest BCUT2D eigenvalue weighted by Crippen LogP contribution is 2.49. The molecule has 2 heterocycles. The number of carbonyl (C=O) groups excluding carboxylic acids is 1. The van der Waals surface area contributed by atoms with Gasteiger partial charge in [0.25, 0.3) is 0 Å². The summed E-state index contributed by atoms with van der Waals surface area (Å²) in [6.07, 6.45) is -2.80. The van der Waals surface area contributed by atoms with Gasteiger partial charge in [-0.2, -0.15) is 8.42 Å². The molecule has 5 N–H and O–H groups in total. The molecule has 1 fully saturated rings. The van der Waals surface area contributed by atoms with Crippen molar-refractivity contribution >= 4 is 37.5 Å². The van der Waals surface area contributed by atoms with Crippen LogP contribution in [0, 0.1) is 5.41 Å². The highest BCUT2D eigenvalue weighted by molar-refractivity contribution is 7.91. The lowest BCUT2D eigenvalue weighted by Gasteiger charge is -2.42. The van der Waals surface area contributed by atoms with Crippen molar-refractivity contribution in [1.82, 2.24) is 5.32 Å². The van der Waals surface area contributed by atoms with Gasteiger partial charge in [0.1, 0.15) is 24.4 Å². The summed E-state index contributed by atoms with van der Waals surface area (Å²) in [4.78, 5) is 19.7. The lowest BCUT2D eigenvalue weighted by molar-refractivity contribution is -0.248. The molecule has 0 aromatic heterocycles. The average molecular weight is 836 g/mol. The maximum Gasteiger partial charge on any atom is 0.397 e. The first-order chi connectivity index (χ1) is 26.9. The number of fused-ring (bicyclic) bond motifs is 1. The molecule has 2 aliphatic rings. The predicted molar refractivity (Wildman–Crippen MR) is 216 cm³/mol. The molecule has 0 spiro atoms. The van der Waals surface area contributed by atoms with E-state index in [-0.39, 0.29) is 30.2 Å². The average Bonchev–Trinajstić information content (AvgIpc) is 3.23. The number of aliphatic hydroxyl groups excluding tert-OH is 3. The van der Waals surface area contributed by atoms with Crippen LogP contribution >= 0.6 is 0 Å². The number of allylic oxidation sites excluding steroid dienone is 2. The Morgan fingerprint density at radius 3 is 2.44 bits per heavy atom. The molecular weight excluding hydrogens is 779 g/mol. The van der Waals surface area contributed by atoms with Crippen LogP contribution in [0.1, 0.15) is 69.9 Å². The van der Waals surface area contributed by atoms with Gasteiger partial charge in [-0.1, -0.05) is 69.7 Å². The number of aliphatic hydroxyl groups is 3. The van der Waals surface area contributed by atoms with E-state index >= 15 is 0 Å². The largest absolute Gasteiger partial charge is 0.397 e. The van der Waals surface area contributed by atoms with E-state index in [1.54, 1.807) is 67.6 Å². The third-order valence-corrected chi connectivity index (χ3v) is 13.1. The normalized spacial score (nSPS) is 27.9. The van der Waals surface area contributed by atoms with Crippen LogP contribution in [-0.4, -0.2) is 118 Å². The zero-order valence-electron chi connectivity index (χ0n) is 33.2. The minimum atomic E-state index is -4.90. The van der Waals surface area contributed by atoms with Gasteiger partial charge in [0, 0.05) is 49.8 Å². The molecular formula is C40H57N3O12S2. The van der Waals surface area contributed by atoms with Crippen LogP contribution in [-0.2, 0) is 45.3 Å². The van der Waals surface area contributed by atoms with Crippen LogP contribution in [0.3, 0.4) is 0 Å². The summed E-state index contributed by atoms with van der Waals surface area (Å²) in [6, 6.07) is 14.1. The van der Waals surface area contributed by atoms with Gasteiger partial charge in [-0.15, -0.1) is 0 Å². The molecule has 2 aromatic rings. The fourth-order valence-corrected chi connectivity index (χ4v) is 10.00. The van der Waals surface area contributed by atoms with Gasteiger partial charge in [0.2, 0.25) is 5.91 Å². The second-order valence-electron chi connectivity index (χ2n) is 14.9. The van der Waals surface area contributed by atoms with Crippen molar-refractivity contribution < 1.29 is 55.2 Å². The Labute approximate surface area is 336 Å². The molecule has 17 heteroatoms. The van der Waals surface area contributed by atoms with Crippen LogP contribution in [0.4, 0.5) is 5.69 Å². The standard InChI is InChI=1S/C40H57N3O12S2/c1-7-10-19-40(9-3)25-56(48,49)32-17-16-29(43(5)6)22-30(32)34(38(40)47)28(8-2)21-26(4)41-20-18-33(44)42-39-36(46)37(53-23-27-14-12-11-13-15-27)35(45)31(55-39)24-54-57(50,51)52/h8,11-17,21-22,31,34-39,45-47H,2,7,9-10,18-20,23-25H2,1,3-6H3,(H,42,44)(H,50,51,52)/b28-21+,41-26?. The molecule has 0 radical (unpaired) electrons. The maximum atomic E-state index is 14.0. The first kappa shape index (κ1) is 46.2. The summed E-state index contributed by atoms with van der Waals surface area (Å²) in [7, 11) is -4.99. The molecule has 15 nitrogen and oxygen atoms in total. The van der Waals surface area contributed by atoms with Crippen molar-refractivity contribution in [1.29, 1.82) is 0 Å². The minimum absolute atomic E-state index is 0.0222. The van der Waals surface area contributed by atoms with Gasteiger partial charge in [-0.25, -0.2) is 12.6 Å². The molecule has 2 aromatic carbocycles. The molecule has 2 aliphatic heterocycles. The Hall–Kier alpha value is -3.52. The van der Waals surface area contributed by atoms with E-state index in [2.05, 4.69) is 21.1 Å². The molecule has 0 saturated carbocycles. The number of hydrogen-bond donors (Lipinski definition) is 5. The van der Waals surface area contributed by atoms with E-state index in [1.165, 1.54) is 0 Å². The number of benzene rings is 2. The van der Waals surface area contributed by atoms with E-state index in [0.29, 0.717) is 29.7 Å². The fraction of sp³-hybridized carbons (Fsp3) is 0.550. The number of unbranched alkanes of at least 4 members (excludes halogenated alkanes) is 1. The number of nitrogens with zero attached hydrogens (tertiary/aromatic N) is 2. The zero-order valence-corrected chi connectivity index (χ0v) is 34.8. The van der Waals surface area contributed by atoms with E-state index in [0.717, 1.165) is 24.1 Å². The number of anilines is 1. The first-order valence-corrected chi connectivity index (χ1v) is 22.0. The monoisotopic (exact) mass is 835 g/mol. The van der Waals surface area contributed by atoms with Crippen molar-refractivity contribution in [3.05, 3.63) is 84.0 Å². The lowest BCUT2D eigenvalue weighted by Crippen LogP contribution is -2.64. The van der Waals surface area contributed by atoms with E-state index in [4.69, 9.17) is 14.0 Å². The highest BCUT2D eigenvalue weighted by Gasteiger charge is 2.49. The van der Waals surface area contributed by atoms with Crippen molar-refractivity contribution in [2.24, 2.45) is 10.4 Å². The van der Waals surface area contributed by atoms with Gasteiger partial charge >= 0.3 is 10.4 Å². The van der Waals surface area contributed by atoms with Crippen LogP contribution in [0.5, 0.6) is 0 Å². The van der Waals surface area contributed by atoms with Crippen molar-refractivity contribution in [2.75, 3.05) is 37.9 Å². The molecule has 316 valence electrons. The Balaban J connectivity index is 1.56. The summed E-state index contributed by atoms with van der Waals surface area (Å²) in [5.41, 5.74) is 2.08. The molecule has 0 bridgehead atoms. The maximum absolute atomic E-state index is 14.0. The van der Waals surface area contributed by atoms with Crippen LogP contribution in [0.2, 0.25) is 0 Å². The third-order valence-electron chi connectivity index (χ3n) is 10.7. The van der Waals surface area contributed by atoms with Crippen molar-refractivity contribution in [2.45, 2.75) is 107 Å². The number of sulfone groups is 1. The first-order valence-electron chi connectivity index (χ1n) is 19.0. The highest BCUT2D eigenvalue weighted by atomic mass is 32.3. The zero-order chi connectivity index (χ0) is 42.1. The quantitative estimate of drug-likeness (QED) is 0.0826. The summed E-state index contributed by atoms with van der Waals surface area (Å²) >= 11 is 0. The molecule has 4 rings (SSSR count). The summed E-state index contributed by atoms with van der Waals surface area (Å²) in [5, 5.41) is 36.8. The van der Waals surface area contributed by atoms with Crippen LogP contribution < -0.4 is 10.2 Å². The molecule has 1 saturated heterocycles. The minimum Gasteiger partial charge on any atom is -0.392 e. The number of hydrogen-bond acceptors (Lipinski definition) is 13. The van der Waals surface area contributed by atoms with E-state index in [1.807, 2.05) is 32.8 Å². The van der Waals surface area contributed by atoms with Gasteiger partial charge in [0.05, 0.1) is 30.0 Å². The topological polar surface area (TPSA) is 222 Å². The number of ether oxygens (including phenoxy) is 2. The summed E-state index contributed by atoms with van der Waals surface area (Å²) in [5.74, 6) is -1.55. The van der Waals surface area contributed by atoms with Gasteiger partial charge in [-0.3, -0.25) is 14.3 Å². The number of aliphatic imine (C=N–C) groups is 1. The third kappa shape index (κ3) is 11.8. The molecule has 57 heavy (non-hydrogen) atoms. The Bertz CT molecular complexity index is 1970. The smallest absolute Gasteiger partial charge is 0.392 e. The van der Waals surface area contributed by atoms with Crippen molar-refractivity contribution in [3.63, 3.8) is 0 Å². The van der Waals surface area contributed by atoms with Crippen LogP contribution in [0.15, 0.2) is 82.7 Å². The molecule has 8 unspecified atom stereocenters. The second kappa shape index (κ2) is 20.0. The lowest BCUT2D eigenvalue weighted by atomic mass is 9.68. The molecule has 1 amide bonds. The number of rotatable bonds is 18. The Morgan fingerprint density at radius 2 is 1.82 bits per heavy atom. The van der Waals surface area contributed by atoms with Gasteiger partial charge in [0.15, 0.2) is 16.1 Å². The molecule has 8 atom stereocenters. The van der Waals surface area contributed by atoms with Gasteiger partial charge < -0.3 is 35.0 Å². The van der Waals surface area contributed by atoms with Crippen LogP contribution in [0.25, 0.3) is 0 Å². The Kier molecular flexibility index (Phi) is 16.2.